The van der Waals surface area contributed by atoms with Crippen LogP contribution in [0.4, 0.5) is 5.69 Å². The van der Waals surface area contributed by atoms with Crippen molar-refractivity contribution in [1.82, 2.24) is 10.2 Å². The molecule has 0 fully saturated rings. The van der Waals surface area contributed by atoms with E-state index in [1.54, 1.807) is 24.3 Å². The van der Waals surface area contributed by atoms with Crippen LogP contribution >= 0.6 is 0 Å². The molecule has 2 N–H and O–H groups in total. The third-order valence-electron chi connectivity index (χ3n) is 4.42. The Labute approximate surface area is 153 Å². The van der Waals surface area contributed by atoms with E-state index in [0.29, 0.717) is 18.8 Å². The van der Waals surface area contributed by atoms with Crippen LogP contribution in [-0.4, -0.2) is 44.0 Å². The zero-order chi connectivity index (χ0) is 18.5. The maximum atomic E-state index is 12.1. The van der Waals surface area contributed by atoms with E-state index in [9.17, 15) is 9.59 Å². The molecule has 26 heavy (non-hydrogen) atoms. The molecule has 1 atom stereocenters. The molecule has 1 heterocycles. The normalized spacial score (nSPS) is 13.7. The minimum atomic E-state index is -0.670. The summed E-state index contributed by atoms with van der Waals surface area (Å²) in [6.07, 6.45) is 0.898. The van der Waals surface area contributed by atoms with Crippen molar-refractivity contribution in [1.29, 1.82) is 0 Å². The number of likely N-dealkylation sites (N-methyl/N-ethyl adjacent to an activating group) is 1. The number of anilines is 1. The van der Waals surface area contributed by atoms with Crippen LogP contribution < -0.4 is 15.4 Å². The van der Waals surface area contributed by atoms with E-state index >= 15 is 0 Å². The highest BCUT2D eigenvalue weighted by Gasteiger charge is 2.21. The zero-order valence-electron chi connectivity index (χ0n) is 15.0. The molecule has 0 bridgehead atoms. The first-order valence-corrected chi connectivity index (χ1v) is 8.61. The molecule has 2 aromatic rings. The predicted octanol–water partition coefficient (Wildman–Crippen LogP) is 1.98. The van der Waals surface area contributed by atoms with Crippen LogP contribution in [0.1, 0.15) is 17.2 Å². The molecule has 2 amide bonds. The van der Waals surface area contributed by atoms with Gasteiger partial charge in [-0.1, -0.05) is 30.3 Å². The number of ether oxygens (including phenoxy) is 1. The zero-order valence-corrected chi connectivity index (χ0v) is 15.0. The minimum Gasteiger partial charge on any atom is -0.493 e. The van der Waals surface area contributed by atoms with Gasteiger partial charge in [0.05, 0.1) is 12.6 Å². The highest BCUT2D eigenvalue weighted by atomic mass is 16.5. The summed E-state index contributed by atoms with van der Waals surface area (Å²) in [6, 6.07) is 15.0. The Morgan fingerprint density at radius 1 is 1.12 bits per heavy atom. The van der Waals surface area contributed by atoms with Gasteiger partial charge in [-0.25, -0.2) is 0 Å². The average molecular weight is 353 g/mol. The highest BCUT2D eigenvalue weighted by molar-refractivity contribution is 6.39. The second-order valence-corrected chi connectivity index (χ2v) is 6.48. The molecule has 136 valence electrons. The molecule has 0 aliphatic carbocycles. The van der Waals surface area contributed by atoms with Gasteiger partial charge in [0.25, 0.3) is 0 Å². The van der Waals surface area contributed by atoms with E-state index in [2.05, 4.69) is 16.7 Å². The van der Waals surface area contributed by atoms with Crippen molar-refractivity contribution in [2.75, 3.05) is 32.6 Å². The molecular weight excluding hydrogens is 330 g/mol. The van der Waals surface area contributed by atoms with Gasteiger partial charge < -0.3 is 20.3 Å². The van der Waals surface area contributed by atoms with Crippen molar-refractivity contribution in [3.63, 3.8) is 0 Å². The molecule has 0 saturated heterocycles. The lowest BCUT2D eigenvalue weighted by Crippen LogP contribution is -2.40. The maximum Gasteiger partial charge on any atom is 0.313 e. The van der Waals surface area contributed by atoms with Crippen LogP contribution in [0.2, 0.25) is 0 Å². The minimum absolute atomic E-state index is 0.0330. The van der Waals surface area contributed by atoms with Crippen LogP contribution in [-0.2, 0) is 16.0 Å². The summed E-state index contributed by atoms with van der Waals surface area (Å²) >= 11 is 0. The summed E-state index contributed by atoms with van der Waals surface area (Å²) < 4.78 is 5.54. The summed E-state index contributed by atoms with van der Waals surface area (Å²) in [5, 5.41) is 5.31. The fraction of sp³-hybridized carbons (Fsp3) is 0.300. The van der Waals surface area contributed by atoms with Gasteiger partial charge in [0.15, 0.2) is 0 Å². The van der Waals surface area contributed by atoms with E-state index in [-0.39, 0.29) is 6.04 Å². The number of amides is 2. The predicted molar refractivity (Wildman–Crippen MR) is 100 cm³/mol. The molecule has 1 unspecified atom stereocenters. The van der Waals surface area contributed by atoms with Crippen molar-refractivity contribution >= 4 is 17.5 Å². The van der Waals surface area contributed by atoms with E-state index in [0.717, 1.165) is 17.7 Å². The first-order valence-electron chi connectivity index (χ1n) is 8.61. The third kappa shape index (κ3) is 4.21. The average Bonchev–Trinajstić information content (AvgIpc) is 3.10. The molecular formula is C20H23N3O3. The van der Waals surface area contributed by atoms with E-state index in [4.69, 9.17) is 4.74 Å². The number of para-hydroxylation sites is 1. The van der Waals surface area contributed by atoms with Gasteiger partial charge >= 0.3 is 11.8 Å². The molecule has 1 aliphatic rings. The Kier molecular flexibility index (Phi) is 5.53. The maximum absolute atomic E-state index is 12.1. The van der Waals surface area contributed by atoms with Crippen LogP contribution in [0.15, 0.2) is 48.5 Å². The molecule has 6 nitrogen and oxygen atoms in total. The highest BCUT2D eigenvalue weighted by Crippen LogP contribution is 2.29. The van der Waals surface area contributed by atoms with Gasteiger partial charge in [0.1, 0.15) is 5.75 Å². The van der Waals surface area contributed by atoms with Crippen LogP contribution in [0, 0.1) is 0 Å². The SMILES string of the molecule is CN(C)C(CNC(=O)C(=O)Nc1ccccc1)c1ccc2c(c1)CCO2. The van der Waals surface area contributed by atoms with Crippen molar-refractivity contribution < 1.29 is 14.3 Å². The first-order chi connectivity index (χ1) is 12.5. The molecule has 0 saturated carbocycles. The Morgan fingerprint density at radius 3 is 2.62 bits per heavy atom. The number of rotatable bonds is 5. The Balaban J connectivity index is 1.62. The number of carbonyl (C=O) groups excluding carboxylic acids is 2. The topological polar surface area (TPSA) is 70.7 Å². The molecule has 0 spiro atoms. The van der Waals surface area contributed by atoms with Crippen LogP contribution in [0.5, 0.6) is 5.75 Å². The van der Waals surface area contributed by atoms with Crippen molar-refractivity contribution in [2.24, 2.45) is 0 Å². The Hall–Kier alpha value is -2.86. The fourth-order valence-electron chi connectivity index (χ4n) is 2.99. The summed E-state index contributed by atoms with van der Waals surface area (Å²) in [6.45, 7) is 1.05. The number of hydrogen-bond donors (Lipinski definition) is 2. The van der Waals surface area contributed by atoms with Crippen LogP contribution in [0.3, 0.4) is 0 Å². The Morgan fingerprint density at radius 2 is 1.88 bits per heavy atom. The van der Waals surface area contributed by atoms with Crippen molar-refractivity contribution in [3.05, 3.63) is 59.7 Å². The Bertz CT molecular complexity index is 790. The quantitative estimate of drug-likeness (QED) is 0.807. The smallest absolute Gasteiger partial charge is 0.313 e. The molecule has 3 rings (SSSR count). The van der Waals surface area contributed by atoms with E-state index < -0.39 is 11.8 Å². The number of nitrogens with one attached hydrogen (secondary N) is 2. The number of fused-ring (bicyclic) bond motifs is 1. The van der Waals surface area contributed by atoms with Gasteiger partial charge in [-0.3, -0.25) is 9.59 Å². The second kappa shape index (κ2) is 8.01. The molecule has 6 heteroatoms. The van der Waals surface area contributed by atoms with Crippen molar-refractivity contribution in [2.45, 2.75) is 12.5 Å². The number of benzene rings is 2. The standard InChI is InChI=1S/C20H23N3O3/c1-23(2)17(14-8-9-18-15(12-14)10-11-26-18)13-21-19(24)20(25)22-16-6-4-3-5-7-16/h3-9,12,17H,10-11,13H2,1-2H3,(H,21,24)(H,22,25). The van der Waals surface area contributed by atoms with Crippen LogP contribution in [0.25, 0.3) is 0 Å². The summed E-state index contributed by atoms with van der Waals surface area (Å²) in [5.41, 5.74) is 2.86. The van der Waals surface area contributed by atoms with Gasteiger partial charge in [-0.15, -0.1) is 0 Å². The summed E-state index contributed by atoms with van der Waals surface area (Å²) in [4.78, 5) is 26.2. The lowest BCUT2D eigenvalue weighted by Gasteiger charge is -2.25. The monoisotopic (exact) mass is 353 g/mol. The lowest BCUT2D eigenvalue weighted by molar-refractivity contribution is -0.136. The third-order valence-corrected chi connectivity index (χ3v) is 4.42. The van der Waals surface area contributed by atoms with Gasteiger partial charge in [-0.05, 0) is 43.4 Å². The summed E-state index contributed by atoms with van der Waals surface area (Å²) in [7, 11) is 3.90. The van der Waals surface area contributed by atoms with E-state index in [1.807, 2.05) is 37.2 Å². The largest absolute Gasteiger partial charge is 0.493 e. The number of carbonyl (C=O) groups is 2. The molecule has 2 aromatic carbocycles. The van der Waals surface area contributed by atoms with Crippen molar-refractivity contribution in [3.8, 4) is 5.75 Å². The van der Waals surface area contributed by atoms with Gasteiger partial charge in [0, 0.05) is 18.7 Å². The number of nitrogens with zero attached hydrogens (tertiary/aromatic N) is 1. The summed E-state index contributed by atoms with van der Waals surface area (Å²) in [5.74, 6) is -0.390. The molecule has 1 aliphatic heterocycles. The van der Waals surface area contributed by atoms with Gasteiger partial charge in [0.2, 0.25) is 0 Å². The molecule has 0 aromatic heterocycles. The number of hydrogen-bond acceptors (Lipinski definition) is 4. The second-order valence-electron chi connectivity index (χ2n) is 6.48. The first kappa shape index (κ1) is 17.9. The van der Waals surface area contributed by atoms with Gasteiger partial charge in [-0.2, -0.15) is 0 Å². The molecule has 0 radical (unpaired) electrons. The fourth-order valence-corrected chi connectivity index (χ4v) is 2.99. The lowest BCUT2D eigenvalue weighted by atomic mass is 10.0. The van der Waals surface area contributed by atoms with E-state index in [1.165, 1.54) is 5.56 Å².